The summed E-state index contributed by atoms with van der Waals surface area (Å²) in [6.07, 6.45) is 0.711. The molecule has 5 heteroatoms. The fraction of sp³-hybridized carbons (Fsp3) is 0.647. The van der Waals surface area contributed by atoms with Crippen LogP contribution in [-0.2, 0) is 4.74 Å². The fourth-order valence-electron chi connectivity index (χ4n) is 3.46. The van der Waals surface area contributed by atoms with Crippen LogP contribution in [-0.4, -0.2) is 67.4 Å². The normalized spacial score (nSPS) is 25.5. The summed E-state index contributed by atoms with van der Waals surface area (Å²) in [6, 6.07) is 7.57. The van der Waals surface area contributed by atoms with E-state index in [1.165, 1.54) is 6.42 Å². The number of likely N-dealkylation sites (tertiary alicyclic amines) is 1. The van der Waals surface area contributed by atoms with E-state index < -0.39 is 6.10 Å². The molecule has 2 aliphatic heterocycles. The van der Waals surface area contributed by atoms with Gasteiger partial charge in [0.25, 0.3) is 0 Å². The first-order valence-corrected chi connectivity index (χ1v) is 8.55. The smallest absolute Gasteiger partial charge is 0.0931 e. The van der Waals surface area contributed by atoms with Crippen LogP contribution >= 0.6 is 11.6 Å². The van der Waals surface area contributed by atoms with Gasteiger partial charge >= 0.3 is 0 Å². The van der Waals surface area contributed by atoms with Crippen LogP contribution in [0.5, 0.6) is 0 Å². The number of aliphatic hydroxyl groups excluding tert-OH is 1. The second-order valence-electron chi connectivity index (χ2n) is 6.36. The number of ether oxygens (including phenoxy) is 1. The molecular weight excluding hydrogens is 300 g/mol. The van der Waals surface area contributed by atoms with Gasteiger partial charge in [0.1, 0.15) is 0 Å². The third kappa shape index (κ3) is 4.21. The average Bonchev–Trinajstić information content (AvgIpc) is 2.95. The lowest BCUT2D eigenvalue weighted by atomic mass is 10.1. The van der Waals surface area contributed by atoms with E-state index >= 15 is 0 Å². The number of β-amino-alcohol motifs (C(OH)–C–C–N with tert-alkyl or cyclic N) is 1. The zero-order valence-electron chi connectivity index (χ0n) is 13.0. The molecule has 2 aliphatic rings. The van der Waals surface area contributed by atoms with Gasteiger partial charge in [0, 0.05) is 43.3 Å². The monoisotopic (exact) mass is 324 g/mol. The molecular formula is C17H25ClN2O2. The van der Waals surface area contributed by atoms with Crippen molar-refractivity contribution in [3.63, 3.8) is 0 Å². The van der Waals surface area contributed by atoms with Gasteiger partial charge in [-0.05, 0) is 24.9 Å². The van der Waals surface area contributed by atoms with Gasteiger partial charge in [0.2, 0.25) is 0 Å². The third-order valence-corrected chi connectivity index (χ3v) is 5.03. The largest absolute Gasteiger partial charge is 0.387 e. The first-order chi connectivity index (χ1) is 10.7. The topological polar surface area (TPSA) is 35.9 Å². The van der Waals surface area contributed by atoms with Crippen LogP contribution in [0.2, 0.25) is 5.02 Å². The summed E-state index contributed by atoms with van der Waals surface area (Å²) in [5.74, 6) is 0.705. The Bertz CT molecular complexity index is 479. The minimum Gasteiger partial charge on any atom is -0.387 e. The van der Waals surface area contributed by atoms with Crippen molar-refractivity contribution in [1.82, 2.24) is 9.80 Å². The lowest BCUT2D eigenvalue weighted by Gasteiger charge is -2.29. The molecule has 0 spiro atoms. The van der Waals surface area contributed by atoms with Crippen molar-refractivity contribution in [2.75, 3.05) is 52.5 Å². The molecule has 0 aromatic heterocycles. The molecule has 1 aromatic rings. The summed E-state index contributed by atoms with van der Waals surface area (Å²) in [6.45, 7) is 7.79. The van der Waals surface area contributed by atoms with Gasteiger partial charge in [0.15, 0.2) is 0 Å². The van der Waals surface area contributed by atoms with Crippen molar-refractivity contribution >= 4 is 11.6 Å². The van der Waals surface area contributed by atoms with Crippen LogP contribution in [0, 0.1) is 5.92 Å². The van der Waals surface area contributed by atoms with Crippen LogP contribution < -0.4 is 0 Å². The van der Waals surface area contributed by atoms with Crippen molar-refractivity contribution in [3.8, 4) is 0 Å². The number of morpholine rings is 1. The number of benzene rings is 1. The molecule has 22 heavy (non-hydrogen) atoms. The second-order valence-corrected chi connectivity index (χ2v) is 6.77. The average molecular weight is 325 g/mol. The minimum atomic E-state index is -0.504. The molecule has 0 bridgehead atoms. The maximum Gasteiger partial charge on any atom is 0.0931 e. The van der Waals surface area contributed by atoms with Crippen LogP contribution in [0.15, 0.2) is 24.3 Å². The summed E-state index contributed by atoms with van der Waals surface area (Å²) in [5, 5.41) is 11.1. The predicted octanol–water partition coefficient (Wildman–Crippen LogP) is 2.03. The summed E-state index contributed by atoms with van der Waals surface area (Å²) in [7, 11) is 0. The van der Waals surface area contributed by atoms with Gasteiger partial charge in [-0.15, -0.1) is 0 Å². The van der Waals surface area contributed by atoms with Crippen molar-refractivity contribution < 1.29 is 9.84 Å². The molecule has 0 saturated carbocycles. The molecule has 1 aromatic carbocycles. The highest BCUT2D eigenvalue weighted by molar-refractivity contribution is 6.31. The lowest BCUT2D eigenvalue weighted by molar-refractivity contribution is 0.0308. The molecule has 2 unspecified atom stereocenters. The summed E-state index contributed by atoms with van der Waals surface area (Å²) >= 11 is 6.17. The number of hydrogen-bond acceptors (Lipinski definition) is 4. The van der Waals surface area contributed by atoms with Crippen molar-refractivity contribution in [2.24, 2.45) is 5.92 Å². The van der Waals surface area contributed by atoms with Gasteiger partial charge in [-0.3, -0.25) is 4.90 Å². The Hall–Kier alpha value is -0.650. The molecule has 1 N–H and O–H groups in total. The van der Waals surface area contributed by atoms with Crippen LogP contribution in [0.3, 0.4) is 0 Å². The predicted molar refractivity (Wildman–Crippen MR) is 88.2 cm³/mol. The first-order valence-electron chi connectivity index (χ1n) is 8.17. The Morgan fingerprint density at radius 3 is 2.73 bits per heavy atom. The van der Waals surface area contributed by atoms with Crippen LogP contribution in [0.25, 0.3) is 0 Å². The molecule has 2 atom stereocenters. The van der Waals surface area contributed by atoms with Crippen LogP contribution in [0.4, 0.5) is 0 Å². The molecule has 2 saturated heterocycles. The minimum absolute atomic E-state index is 0.504. The van der Waals surface area contributed by atoms with E-state index in [1.807, 2.05) is 24.3 Å². The second kappa shape index (κ2) is 7.75. The Kier molecular flexibility index (Phi) is 5.71. The number of halogens is 1. The Labute approximate surface area is 137 Å². The first kappa shape index (κ1) is 16.2. The molecule has 4 nitrogen and oxygen atoms in total. The highest BCUT2D eigenvalue weighted by Crippen LogP contribution is 2.26. The van der Waals surface area contributed by atoms with Gasteiger partial charge in [0.05, 0.1) is 19.3 Å². The summed E-state index contributed by atoms with van der Waals surface area (Å²) < 4.78 is 5.40. The zero-order chi connectivity index (χ0) is 15.4. The third-order valence-electron chi connectivity index (χ3n) is 4.69. The molecule has 2 heterocycles. The van der Waals surface area contributed by atoms with E-state index in [-0.39, 0.29) is 0 Å². The molecule has 122 valence electrons. The van der Waals surface area contributed by atoms with E-state index in [0.717, 1.165) is 51.5 Å². The van der Waals surface area contributed by atoms with E-state index in [9.17, 15) is 5.11 Å². The number of rotatable bonds is 5. The SMILES string of the molecule is OC(CN1CCC(CN2CCOCC2)C1)c1ccccc1Cl. The van der Waals surface area contributed by atoms with E-state index in [0.29, 0.717) is 17.5 Å². The van der Waals surface area contributed by atoms with Gasteiger partial charge in [-0.1, -0.05) is 29.8 Å². The van der Waals surface area contributed by atoms with Crippen LogP contribution in [0.1, 0.15) is 18.1 Å². The van der Waals surface area contributed by atoms with Crippen molar-refractivity contribution in [2.45, 2.75) is 12.5 Å². The van der Waals surface area contributed by atoms with Crippen molar-refractivity contribution in [1.29, 1.82) is 0 Å². The zero-order valence-corrected chi connectivity index (χ0v) is 13.7. The maximum atomic E-state index is 10.4. The molecule has 0 aliphatic carbocycles. The van der Waals surface area contributed by atoms with Gasteiger partial charge in [-0.2, -0.15) is 0 Å². The van der Waals surface area contributed by atoms with E-state index in [1.54, 1.807) is 0 Å². The Balaban J connectivity index is 1.47. The summed E-state index contributed by atoms with van der Waals surface area (Å²) in [5.41, 5.74) is 0.834. The quantitative estimate of drug-likeness (QED) is 0.899. The highest BCUT2D eigenvalue weighted by Gasteiger charge is 2.27. The summed E-state index contributed by atoms with van der Waals surface area (Å²) in [4.78, 5) is 4.86. The standard InChI is InChI=1S/C17H25ClN2O2/c18-16-4-2-1-3-15(16)17(21)13-20-6-5-14(12-20)11-19-7-9-22-10-8-19/h1-4,14,17,21H,5-13H2. The van der Waals surface area contributed by atoms with E-state index in [2.05, 4.69) is 9.80 Å². The Morgan fingerprint density at radius 2 is 1.95 bits per heavy atom. The Morgan fingerprint density at radius 1 is 1.18 bits per heavy atom. The number of nitrogens with zero attached hydrogens (tertiary/aromatic N) is 2. The van der Waals surface area contributed by atoms with E-state index in [4.69, 9.17) is 16.3 Å². The number of aliphatic hydroxyl groups is 1. The molecule has 3 rings (SSSR count). The fourth-order valence-corrected chi connectivity index (χ4v) is 3.73. The highest BCUT2D eigenvalue weighted by atomic mass is 35.5. The van der Waals surface area contributed by atoms with Gasteiger partial charge in [-0.25, -0.2) is 0 Å². The molecule has 0 amide bonds. The lowest BCUT2D eigenvalue weighted by Crippen LogP contribution is -2.40. The molecule has 2 fully saturated rings. The maximum absolute atomic E-state index is 10.4. The molecule has 0 radical (unpaired) electrons. The number of hydrogen-bond donors (Lipinski definition) is 1. The van der Waals surface area contributed by atoms with Crippen molar-refractivity contribution in [3.05, 3.63) is 34.9 Å². The van der Waals surface area contributed by atoms with Gasteiger partial charge < -0.3 is 14.7 Å².